The SMILES string of the molecule is CCc1cc2c(=O)n(NC(=O)C3CCCN(S(=O)(=O)c4cccs4)C3)cnc2s1. The molecule has 0 saturated carbocycles. The lowest BCUT2D eigenvalue weighted by molar-refractivity contribution is -0.121. The number of hydrogen-bond acceptors (Lipinski definition) is 7. The summed E-state index contributed by atoms with van der Waals surface area (Å²) in [6.07, 6.45) is 3.26. The van der Waals surface area contributed by atoms with Crippen LogP contribution in [0.3, 0.4) is 0 Å². The Morgan fingerprint density at radius 2 is 2.24 bits per heavy atom. The van der Waals surface area contributed by atoms with Crippen molar-refractivity contribution in [1.29, 1.82) is 0 Å². The van der Waals surface area contributed by atoms with Crippen molar-refractivity contribution in [2.45, 2.75) is 30.4 Å². The highest BCUT2D eigenvalue weighted by Crippen LogP contribution is 2.26. The first-order chi connectivity index (χ1) is 13.9. The molecule has 8 nitrogen and oxygen atoms in total. The molecule has 1 aliphatic heterocycles. The fourth-order valence-corrected chi connectivity index (χ4v) is 6.94. The molecule has 1 N–H and O–H groups in total. The number of nitrogens with one attached hydrogen (secondary N) is 1. The first-order valence-electron chi connectivity index (χ1n) is 9.24. The molecular weight excluding hydrogens is 432 g/mol. The zero-order valence-corrected chi connectivity index (χ0v) is 18.1. The number of hydrogen-bond donors (Lipinski definition) is 1. The van der Waals surface area contributed by atoms with Crippen LogP contribution in [0.25, 0.3) is 10.2 Å². The maximum Gasteiger partial charge on any atom is 0.280 e. The van der Waals surface area contributed by atoms with Gasteiger partial charge in [-0.1, -0.05) is 13.0 Å². The second kappa shape index (κ2) is 7.98. The Balaban J connectivity index is 1.52. The van der Waals surface area contributed by atoms with Gasteiger partial charge in [-0.2, -0.15) is 4.31 Å². The lowest BCUT2D eigenvalue weighted by Gasteiger charge is -2.30. The summed E-state index contributed by atoms with van der Waals surface area (Å²) < 4.78 is 28.2. The van der Waals surface area contributed by atoms with Gasteiger partial charge in [0, 0.05) is 18.0 Å². The molecule has 0 aromatic carbocycles. The van der Waals surface area contributed by atoms with E-state index < -0.39 is 15.9 Å². The normalized spacial score (nSPS) is 18.2. The molecule has 1 saturated heterocycles. The Labute approximate surface area is 175 Å². The maximum atomic E-state index is 12.8. The molecule has 0 radical (unpaired) electrons. The lowest BCUT2D eigenvalue weighted by Crippen LogP contribution is -2.45. The van der Waals surface area contributed by atoms with Crippen LogP contribution in [0.5, 0.6) is 0 Å². The molecule has 1 unspecified atom stereocenters. The summed E-state index contributed by atoms with van der Waals surface area (Å²) in [5.41, 5.74) is 2.26. The van der Waals surface area contributed by atoms with Crippen molar-refractivity contribution in [3.63, 3.8) is 0 Å². The van der Waals surface area contributed by atoms with E-state index in [1.54, 1.807) is 23.6 Å². The van der Waals surface area contributed by atoms with E-state index in [-0.39, 0.29) is 22.2 Å². The molecule has 4 heterocycles. The van der Waals surface area contributed by atoms with Crippen molar-refractivity contribution in [3.05, 3.63) is 45.1 Å². The summed E-state index contributed by atoms with van der Waals surface area (Å²) >= 11 is 2.62. The summed E-state index contributed by atoms with van der Waals surface area (Å²) in [5.74, 6) is -0.917. The van der Waals surface area contributed by atoms with Gasteiger partial charge in [-0.3, -0.25) is 15.0 Å². The average molecular weight is 453 g/mol. The van der Waals surface area contributed by atoms with Gasteiger partial charge in [-0.05, 0) is 36.8 Å². The molecule has 11 heteroatoms. The Hall–Kier alpha value is -2.08. The van der Waals surface area contributed by atoms with Crippen LogP contribution in [-0.2, 0) is 21.2 Å². The number of nitrogens with zero attached hydrogens (tertiary/aromatic N) is 3. The zero-order valence-electron chi connectivity index (χ0n) is 15.7. The fourth-order valence-electron chi connectivity index (χ4n) is 3.35. The van der Waals surface area contributed by atoms with Crippen LogP contribution in [0, 0.1) is 5.92 Å². The van der Waals surface area contributed by atoms with E-state index in [1.807, 2.05) is 6.92 Å². The largest absolute Gasteiger partial charge is 0.280 e. The summed E-state index contributed by atoms with van der Waals surface area (Å²) in [6.45, 7) is 2.48. The third kappa shape index (κ3) is 3.87. The van der Waals surface area contributed by atoms with Crippen molar-refractivity contribution in [3.8, 4) is 0 Å². The summed E-state index contributed by atoms with van der Waals surface area (Å²) in [5, 5.41) is 2.19. The number of rotatable bonds is 5. The monoisotopic (exact) mass is 452 g/mol. The average Bonchev–Trinajstić information content (AvgIpc) is 3.40. The molecule has 0 spiro atoms. The van der Waals surface area contributed by atoms with Gasteiger partial charge in [0.1, 0.15) is 15.4 Å². The predicted molar refractivity (Wildman–Crippen MR) is 113 cm³/mol. The maximum absolute atomic E-state index is 12.8. The first-order valence-corrected chi connectivity index (χ1v) is 12.4. The minimum Gasteiger partial charge on any atom is -0.273 e. The minimum absolute atomic E-state index is 0.0922. The van der Waals surface area contributed by atoms with Crippen molar-refractivity contribution >= 4 is 48.8 Å². The summed E-state index contributed by atoms with van der Waals surface area (Å²) in [7, 11) is -3.60. The summed E-state index contributed by atoms with van der Waals surface area (Å²) in [4.78, 5) is 31.4. The van der Waals surface area contributed by atoms with E-state index in [1.165, 1.54) is 22.0 Å². The fraction of sp³-hybridized carbons (Fsp3) is 0.389. The van der Waals surface area contributed by atoms with E-state index >= 15 is 0 Å². The highest BCUT2D eigenvalue weighted by molar-refractivity contribution is 7.91. The quantitative estimate of drug-likeness (QED) is 0.640. The smallest absolute Gasteiger partial charge is 0.273 e. The standard InChI is InChI=1S/C18H20N4O4S3/c1-2-13-9-14-17(28-13)19-11-22(18(14)24)20-16(23)12-5-3-7-21(10-12)29(25,26)15-6-4-8-27-15/h4,6,8-9,11-12H,2-3,5,7,10H2,1H3,(H,20,23). The second-order valence-corrected chi connectivity index (χ2v) is 11.0. The van der Waals surface area contributed by atoms with Crippen LogP contribution in [0.1, 0.15) is 24.6 Å². The number of sulfonamides is 1. The van der Waals surface area contributed by atoms with Crippen LogP contribution < -0.4 is 11.0 Å². The van der Waals surface area contributed by atoms with Gasteiger partial charge in [-0.15, -0.1) is 22.7 Å². The minimum atomic E-state index is -3.60. The van der Waals surface area contributed by atoms with Crippen molar-refractivity contribution < 1.29 is 13.2 Å². The topological polar surface area (TPSA) is 101 Å². The first kappa shape index (κ1) is 20.2. The second-order valence-electron chi connectivity index (χ2n) is 6.82. The van der Waals surface area contributed by atoms with E-state index in [0.717, 1.165) is 27.3 Å². The van der Waals surface area contributed by atoms with Crippen LogP contribution >= 0.6 is 22.7 Å². The number of aromatic nitrogens is 2. The van der Waals surface area contributed by atoms with Crippen LogP contribution in [0.4, 0.5) is 0 Å². The van der Waals surface area contributed by atoms with Crippen LogP contribution in [0.2, 0.25) is 0 Å². The highest BCUT2D eigenvalue weighted by Gasteiger charge is 2.34. The van der Waals surface area contributed by atoms with Crippen molar-refractivity contribution in [1.82, 2.24) is 14.0 Å². The number of piperidine rings is 1. The van der Waals surface area contributed by atoms with E-state index in [0.29, 0.717) is 29.6 Å². The molecule has 1 fully saturated rings. The Morgan fingerprint density at radius 1 is 1.41 bits per heavy atom. The molecule has 29 heavy (non-hydrogen) atoms. The van der Waals surface area contributed by atoms with Crippen molar-refractivity contribution in [2.75, 3.05) is 18.5 Å². The van der Waals surface area contributed by atoms with Crippen molar-refractivity contribution in [2.24, 2.45) is 5.92 Å². The third-order valence-electron chi connectivity index (χ3n) is 4.93. The highest BCUT2D eigenvalue weighted by atomic mass is 32.2. The molecule has 3 aromatic heterocycles. The van der Waals surface area contributed by atoms with Gasteiger partial charge >= 0.3 is 0 Å². The number of carbonyl (C=O) groups excluding carboxylic acids is 1. The Morgan fingerprint density at radius 3 is 2.97 bits per heavy atom. The zero-order chi connectivity index (χ0) is 20.6. The molecule has 154 valence electrons. The molecule has 0 bridgehead atoms. The van der Waals surface area contributed by atoms with Gasteiger partial charge in [0.15, 0.2) is 0 Å². The van der Waals surface area contributed by atoms with Gasteiger partial charge in [0.25, 0.3) is 15.6 Å². The van der Waals surface area contributed by atoms with E-state index in [4.69, 9.17) is 0 Å². The van der Waals surface area contributed by atoms with Gasteiger partial charge < -0.3 is 0 Å². The Kier molecular flexibility index (Phi) is 5.56. The molecular formula is C18H20N4O4S3. The van der Waals surface area contributed by atoms with Gasteiger partial charge in [0.2, 0.25) is 5.91 Å². The molecule has 1 atom stereocenters. The number of carbonyl (C=O) groups is 1. The van der Waals surface area contributed by atoms with E-state index in [9.17, 15) is 18.0 Å². The number of thiophene rings is 2. The molecule has 1 aliphatic rings. The molecule has 4 rings (SSSR count). The van der Waals surface area contributed by atoms with Crippen LogP contribution in [0.15, 0.2) is 38.9 Å². The van der Waals surface area contributed by atoms with E-state index in [2.05, 4.69) is 10.4 Å². The summed E-state index contributed by atoms with van der Waals surface area (Å²) in [6, 6.07) is 5.05. The van der Waals surface area contributed by atoms with Gasteiger partial charge in [-0.25, -0.2) is 18.1 Å². The Bertz CT molecular complexity index is 1200. The third-order valence-corrected chi connectivity index (χ3v) is 9.35. The number of fused-ring (bicyclic) bond motifs is 1. The molecule has 3 aromatic rings. The lowest BCUT2D eigenvalue weighted by atomic mass is 9.99. The van der Waals surface area contributed by atoms with Crippen LogP contribution in [-0.4, -0.2) is 41.4 Å². The number of aryl methyl sites for hydroxylation is 1. The predicted octanol–water partition coefficient (Wildman–Crippen LogP) is 2.25. The number of amides is 1. The van der Waals surface area contributed by atoms with Gasteiger partial charge in [0.05, 0.1) is 11.3 Å². The molecule has 0 aliphatic carbocycles. The molecule has 1 amide bonds.